The van der Waals surface area contributed by atoms with E-state index in [0.29, 0.717) is 22.9 Å². The van der Waals surface area contributed by atoms with Gasteiger partial charge >= 0.3 is 0 Å². The minimum absolute atomic E-state index is 0.166. The Morgan fingerprint density at radius 2 is 2.29 bits per heavy atom. The number of rotatable bonds is 4. The van der Waals surface area contributed by atoms with Crippen LogP contribution in [-0.4, -0.2) is 21.0 Å². The van der Waals surface area contributed by atoms with Gasteiger partial charge in [0, 0.05) is 18.2 Å². The molecule has 0 aliphatic carbocycles. The van der Waals surface area contributed by atoms with Gasteiger partial charge in [0.05, 0.1) is 6.54 Å². The number of nitrogens with zero attached hydrogens (tertiary/aromatic N) is 3. The number of carbonyl (C=O) groups is 1. The van der Waals surface area contributed by atoms with Crippen molar-refractivity contribution in [2.24, 2.45) is 0 Å². The predicted octanol–water partition coefficient (Wildman–Crippen LogP) is 2.26. The fourth-order valence-electron chi connectivity index (χ4n) is 1.80. The Morgan fingerprint density at radius 3 is 3.00 bits per heavy atom. The molecule has 0 atom stereocenters. The number of hydrogen-bond donors (Lipinski definition) is 1. The van der Waals surface area contributed by atoms with Crippen LogP contribution >= 0.6 is 0 Å². The molecular weight excluding hydrogens is 272 g/mol. The van der Waals surface area contributed by atoms with Crippen molar-refractivity contribution in [1.82, 2.24) is 20.4 Å². The number of aromatic nitrogens is 3. The summed E-state index contributed by atoms with van der Waals surface area (Å²) in [6.45, 7) is 4.10. The molecule has 21 heavy (non-hydrogen) atoms. The molecule has 0 fully saturated rings. The molecule has 1 amide bonds. The van der Waals surface area contributed by atoms with Crippen molar-refractivity contribution in [2.75, 3.05) is 0 Å². The lowest BCUT2D eigenvalue weighted by Crippen LogP contribution is -2.23. The van der Waals surface area contributed by atoms with Gasteiger partial charge in [-0.1, -0.05) is 19.0 Å². The second-order valence-corrected chi connectivity index (χ2v) is 4.88. The Bertz CT molecular complexity index is 742. The number of nitrogens with one attached hydrogen (secondary N) is 1. The number of carbonyl (C=O) groups excluding carboxylic acids is 1. The number of oxazole rings is 1. The Kier molecular flexibility index (Phi) is 3.39. The van der Waals surface area contributed by atoms with Gasteiger partial charge < -0.3 is 14.3 Å². The van der Waals surface area contributed by atoms with E-state index in [2.05, 4.69) is 20.4 Å². The van der Waals surface area contributed by atoms with E-state index in [-0.39, 0.29) is 24.1 Å². The van der Waals surface area contributed by atoms with E-state index < -0.39 is 0 Å². The summed E-state index contributed by atoms with van der Waals surface area (Å²) in [4.78, 5) is 20.2. The first kappa shape index (κ1) is 13.3. The summed E-state index contributed by atoms with van der Waals surface area (Å²) in [5, 5.41) is 6.42. The van der Waals surface area contributed by atoms with E-state index in [4.69, 9.17) is 8.94 Å². The van der Waals surface area contributed by atoms with Crippen molar-refractivity contribution in [3.8, 4) is 0 Å². The molecule has 0 aromatic carbocycles. The summed E-state index contributed by atoms with van der Waals surface area (Å²) in [6.07, 6.45) is 1.63. The zero-order valence-corrected chi connectivity index (χ0v) is 11.7. The third-order valence-electron chi connectivity index (χ3n) is 2.94. The molecule has 0 spiro atoms. The van der Waals surface area contributed by atoms with Crippen molar-refractivity contribution >= 4 is 17.1 Å². The normalized spacial score (nSPS) is 11.2. The molecule has 0 saturated carbocycles. The smallest absolute Gasteiger partial charge is 0.273 e. The highest BCUT2D eigenvalue weighted by atomic mass is 16.5. The maximum Gasteiger partial charge on any atom is 0.273 e. The fraction of sp³-hybridized carbons (Fsp3) is 0.286. The molecule has 0 aliphatic heterocycles. The van der Waals surface area contributed by atoms with Gasteiger partial charge in [-0.15, -0.1) is 0 Å². The second-order valence-electron chi connectivity index (χ2n) is 4.88. The summed E-state index contributed by atoms with van der Waals surface area (Å²) in [7, 11) is 0. The van der Waals surface area contributed by atoms with Gasteiger partial charge in [0.25, 0.3) is 5.91 Å². The number of fused-ring (bicyclic) bond motifs is 1. The van der Waals surface area contributed by atoms with E-state index in [1.165, 1.54) is 0 Å². The second kappa shape index (κ2) is 5.35. The Hall–Kier alpha value is -2.70. The van der Waals surface area contributed by atoms with Crippen molar-refractivity contribution in [2.45, 2.75) is 26.3 Å². The zero-order valence-electron chi connectivity index (χ0n) is 11.7. The van der Waals surface area contributed by atoms with E-state index >= 15 is 0 Å². The maximum atomic E-state index is 12.0. The van der Waals surface area contributed by atoms with Gasteiger partial charge in [0.2, 0.25) is 5.89 Å². The number of amides is 1. The SMILES string of the molecule is CC(C)c1cc(C(=O)NCc2nc3ncccc3o2)no1. The summed E-state index contributed by atoms with van der Waals surface area (Å²) in [6, 6.07) is 5.17. The molecule has 3 aromatic rings. The van der Waals surface area contributed by atoms with Crippen LogP contribution in [-0.2, 0) is 6.54 Å². The molecule has 3 aromatic heterocycles. The van der Waals surface area contributed by atoms with Crippen LogP contribution in [0, 0.1) is 0 Å². The van der Waals surface area contributed by atoms with Crippen molar-refractivity contribution in [3.63, 3.8) is 0 Å². The predicted molar refractivity (Wildman–Crippen MR) is 73.6 cm³/mol. The molecular formula is C14H14N4O3. The quantitative estimate of drug-likeness (QED) is 0.790. The monoisotopic (exact) mass is 286 g/mol. The first-order valence-electron chi connectivity index (χ1n) is 6.58. The summed E-state index contributed by atoms with van der Waals surface area (Å²) >= 11 is 0. The lowest BCUT2D eigenvalue weighted by molar-refractivity contribution is 0.0938. The Balaban J connectivity index is 1.67. The largest absolute Gasteiger partial charge is 0.437 e. The number of pyridine rings is 1. The van der Waals surface area contributed by atoms with E-state index in [0.717, 1.165) is 0 Å². The highest BCUT2D eigenvalue weighted by molar-refractivity contribution is 5.92. The summed E-state index contributed by atoms with van der Waals surface area (Å²) in [5.41, 5.74) is 1.35. The van der Waals surface area contributed by atoms with Gasteiger partial charge in [-0.3, -0.25) is 4.79 Å². The third kappa shape index (κ3) is 2.76. The summed E-state index contributed by atoms with van der Waals surface area (Å²) in [5.74, 6) is 0.916. The molecule has 1 N–H and O–H groups in total. The Morgan fingerprint density at radius 1 is 1.43 bits per heavy atom. The van der Waals surface area contributed by atoms with E-state index in [9.17, 15) is 4.79 Å². The van der Waals surface area contributed by atoms with Crippen LogP contribution in [0.25, 0.3) is 11.2 Å². The standard InChI is InChI=1S/C14H14N4O3/c1-8(2)11-6-9(18-21-11)14(19)16-7-12-17-13-10(20-12)4-3-5-15-13/h3-6,8H,7H2,1-2H3,(H,16,19). The molecule has 0 saturated heterocycles. The maximum absolute atomic E-state index is 12.0. The lowest BCUT2D eigenvalue weighted by atomic mass is 10.1. The highest BCUT2D eigenvalue weighted by Gasteiger charge is 2.15. The van der Waals surface area contributed by atoms with Crippen LogP contribution in [0.5, 0.6) is 0 Å². The molecule has 0 radical (unpaired) electrons. The van der Waals surface area contributed by atoms with Crippen LogP contribution in [0.4, 0.5) is 0 Å². The third-order valence-corrected chi connectivity index (χ3v) is 2.94. The highest BCUT2D eigenvalue weighted by Crippen LogP contribution is 2.15. The van der Waals surface area contributed by atoms with Gasteiger partial charge in [-0.05, 0) is 12.1 Å². The van der Waals surface area contributed by atoms with Crippen molar-refractivity contribution in [1.29, 1.82) is 0 Å². The zero-order chi connectivity index (χ0) is 14.8. The van der Waals surface area contributed by atoms with E-state index in [1.807, 2.05) is 13.8 Å². The van der Waals surface area contributed by atoms with Gasteiger partial charge in [0.1, 0.15) is 5.76 Å². The van der Waals surface area contributed by atoms with Gasteiger partial charge in [-0.2, -0.15) is 4.98 Å². The summed E-state index contributed by atoms with van der Waals surface area (Å²) < 4.78 is 10.6. The average molecular weight is 286 g/mol. The molecule has 3 heterocycles. The first-order valence-corrected chi connectivity index (χ1v) is 6.58. The molecule has 108 valence electrons. The van der Waals surface area contributed by atoms with Gasteiger partial charge in [-0.25, -0.2) is 4.98 Å². The topological polar surface area (TPSA) is 94.1 Å². The molecule has 7 nitrogen and oxygen atoms in total. The van der Waals surface area contributed by atoms with Crippen molar-refractivity contribution < 1.29 is 13.7 Å². The van der Waals surface area contributed by atoms with Crippen LogP contribution in [0.3, 0.4) is 0 Å². The van der Waals surface area contributed by atoms with Crippen LogP contribution < -0.4 is 5.32 Å². The Labute approximate surface area is 120 Å². The minimum atomic E-state index is -0.333. The minimum Gasteiger partial charge on any atom is -0.437 e. The first-order chi connectivity index (χ1) is 10.1. The van der Waals surface area contributed by atoms with Crippen LogP contribution in [0.1, 0.15) is 41.9 Å². The van der Waals surface area contributed by atoms with E-state index in [1.54, 1.807) is 24.4 Å². The van der Waals surface area contributed by atoms with Crippen LogP contribution in [0.2, 0.25) is 0 Å². The van der Waals surface area contributed by atoms with Gasteiger partial charge in [0.15, 0.2) is 16.9 Å². The van der Waals surface area contributed by atoms with Crippen LogP contribution in [0.15, 0.2) is 33.3 Å². The molecule has 7 heteroatoms. The molecule has 3 rings (SSSR count). The lowest BCUT2D eigenvalue weighted by Gasteiger charge is -1.98. The number of hydrogen-bond acceptors (Lipinski definition) is 6. The van der Waals surface area contributed by atoms with Crippen molar-refractivity contribution in [3.05, 3.63) is 41.7 Å². The average Bonchev–Trinajstić information content (AvgIpc) is 3.11. The fourth-order valence-corrected chi connectivity index (χ4v) is 1.80. The molecule has 0 aliphatic rings. The molecule has 0 bridgehead atoms. The molecule has 0 unspecified atom stereocenters.